The minimum atomic E-state index is -2.42. The summed E-state index contributed by atoms with van der Waals surface area (Å²) < 4.78 is 38.4. The number of fused-ring (bicyclic) bond motifs is 3. The number of para-hydroxylation sites is 1. The smallest absolute Gasteiger partial charge is 0.412 e. The van der Waals surface area contributed by atoms with Crippen LogP contribution in [0.25, 0.3) is 0 Å². The predicted octanol–water partition coefficient (Wildman–Crippen LogP) is 1.05. The van der Waals surface area contributed by atoms with Gasteiger partial charge in [0.15, 0.2) is 17.9 Å². The molecule has 2 amide bonds. The van der Waals surface area contributed by atoms with Gasteiger partial charge in [0.25, 0.3) is 0 Å². The number of nitrogens with one attached hydrogen (secondary N) is 2. The van der Waals surface area contributed by atoms with Crippen LogP contribution in [0.5, 0.6) is 23.0 Å². The van der Waals surface area contributed by atoms with Crippen LogP contribution in [-0.4, -0.2) is 138 Å². The number of phenolic OH excluding ortho intramolecular Hbond substituents is 2. The molecule has 20 heteroatoms. The van der Waals surface area contributed by atoms with E-state index in [1.54, 1.807) is 19.1 Å². The molecule has 0 bridgehead atoms. The number of aromatic hydroxyl groups is 2. The highest BCUT2D eigenvalue weighted by atomic mass is 16.7. The molecule has 1 heterocycles. The normalized spacial score (nSPS) is 22.8. The third-order valence-electron chi connectivity index (χ3n) is 10.7. The van der Waals surface area contributed by atoms with Crippen molar-refractivity contribution in [3.63, 3.8) is 0 Å². The number of carbonyl (C=O) groups excluding carboxylic acids is 5. The Bertz CT molecular complexity index is 2170. The van der Waals surface area contributed by atoms with Gasteiger partial charge in [-0.2, -0.15) is 0 Å². The number of phenols is 2. The van der Waals surface area contributed by atoms with E-state index in [9.17, 15) is 44.4 Å². The number of rotatable bonds is 17. The van der Waals surface area contributed by atoms with Crippen LogP contribution in [0.3, 0.4) is 0 Å². The first kappa shape index (κ1) is 45.8. The summed E-state index contributed by atoms with van der Waals surface area (Å²) in [5.41, 5.74) is 2.22. The first-order valence-electron chi connectivity index (χ1n) is 19.8. The molecular weight excluding hydrogens is 818 g/mol. The molecule has 20 nitrogen and oxygen atoms in total. The lowest BCUT2D eigenvalue weighted by atomic mass is 9.71. The van der Waals surface area contributed by atoms with E-state index in [2.05, 4.69) is 10.6 Å². The van der Waals surface area contributed by atoms with Crippen LogP contribution in [0.15, 0.2) is 42.5 Å². The molecule has 4 unspecified atom stereocenters. The quantitative estimate of drug-likeness (QED) is 0.0543. The zero-order chi connectivity index (χ0) is 44.7. The van der Waals surface area contributed by atoms with Crippen molar-refractivity contribution in [1.82, 2.24) is 10.6 Å². The number of ether oxygens (including phenoxy) is 7. The summed E-state index contributed by atoms with van der Waals surface area (Å²) in [5.74, 6) is -4.01. The van der Waals surface area contributed by atoms with Gasteiger partial charge in [0.05, 0.1) is 81.7 Å². The van der Waals surface area contributed by atoms with Crippen molar-refractivity contribution in [2.45, 2.75) is 69.0 Å². The number of Topliss-reactive ketones (excluding diaryl/α,β-unsaturated/α-hetero) is 1. The first-order chi connectivity index (χ1) is 29.7. The van der Waals surface area contributed by atoms with Gasteiger partial charge in [-0.15, -0.1) is 0 Å². The molecule has 3 aromatic rings. The van der Waals surface area contributed by atoms with Crippen LogP contribution in [0, 0.1) is 0 Å². The number of methoxy groups -OCH3 is 1. The molecule has 0 aromatic heterocycles. The van der Waals surface area contributed by atoms with E-state index in [4.69, 9.17) is 44.0 Å². The van der Waals surface area contributed by atoms with Crippen LogP contribution in [0.2, 0.25) is 0 Å². The van der Waals surface area contributed by atoms with E-state index in [1.165, 1.54) is 37.4 Å². The number of hydrogen-bond acceptors (Lipinski definition) is 18. The maximum Gasteiger partial charge on any atom is 0.412 e. The van der Waals surface area contributed by atoms with E-state index < -0.39 is 114 Å². The van der Waals surface area contributed by atoms with E-state index in [-0.39, 0.29) is 79.8 Å². The number of aliphatic hydroxyl groups is 3. The van der Waals surface area contributed by atoms with Crippen molar-refractivity contribution in [2.24, 2.45) is 5.73 Å². The molecule has 62 heavy (non-hydrogen) atoms. The van der Waals surface area contributed by atoms with Gasteiger partial charge in [-0.3, -0.25) is 14.4 Å². The second kappa shape index (κ2) is 20.0. The van der Waals surface area contributed by atoms with Crippen molar-refractivity contribution >= 4 is 29.5 Å². The van der Waals surface area contributed by atoms with Crippen LogP contribution in [-0.2, 0) is 41.5 Å². The number of nitrogens with two attached hydrogens (primary N) is 1. The Kier molecular flexibility index (Phi) is 14.8. The summed E-state index contributed by atoms with van der Waals surface area (Å²) in [4.78, 5) is 67.0. The summed E-state index contributed by atoms with van der Waals surface area (Å²) >= 11 is 0. The third-order valence-corrected chi connectivity index (χ3v) is 10.7. The van der Waals surface area contributed by atoms with Crippen LogP contribution < -0.4 is 25.8 Å². The molecule has 2 aliphatic carbocycles. The van der Waals surface area contributed by atoms with Crippen LogP contribution >= 0.6 is 0 Å². The Balaban J connectivity index is 1.16. The Hall–Kier alpha value is -5.71. The first-order valence-corrected chi connectivity index (χ1v) is 19.8. The Morgan fingerprint density at radius 3 is 2.34 bits per heavy atom. The second-order valence-corrected chi connectivity index (χ2v) is 14.8. The fourth-order valence-electron chi connectivity index (χ4n) is 7.58. The highest BCUT2D eigenvalue weighted by Crippen LogP contribution is 2.52. The number of amides is 2. The zero-order valence-electron chi connectivity index (χ0n) is 33.9. The van der Waals surface area contributed by atoms with Crippen molar-refractivity contribution in [2.75, 3.05) is 53.2 Å². The predicted molar refractivity (Wildman–Crippen MR) is 212 cm³/mol. The van der Waals surface area contributed by atoms with E-state index in [1.807, 2.05) is 0 Å². The maximum atomic E-state index is 14.0. The molecule has 6 rings (SSSR count). The van der Waals surface area contributed by atoms with E-state index in [0.29, 0.717) is 5.56 Å². The zero-order valence-corrected chi connectivity index (χ0v) is 33.9. The summed E-state index contributed by atoms with van der Waals surface area (Å²) in [7, 11) is 1.30. The number of ketones is 3. The standard InChI is InChI=1S/C42H49N3O17/c1-21-35(48)25(43)16-30(60-21)61-28-18-42(55,17-24-32(28)39(52)34-33(37(24)50)36(49)23-7-5-9-27(56-2)31(23)38(34)51)29(47)19-45-40(53)59-20-22-6-3-4-8-26(22)62-41(54)44-10-12-57-14-15-58-13-11-46/h3-9,21,25,28,30,35,46,48,50,52,55H,10-20,43H2,1-2H3,(H,44,54)(H,45,53)/t21?,25?,28-,30?,35?,42-/m0/s1. The second-order valence-electron chi connectivity index (χ2n) is 14.8. The van der Waals surface area contributed by atoms with Gasteiger partial charge in [-0.25, -0.2) is 9.59 Å². The van der Waals surface area contributed by atoms with E-state index in [0.717, 1.165) is 0 Å². The van der Waals surface area contributed by atoms with Gasteiger partial charge >= 0.3 is 12.2 Å². The molecule has 1 saturated heterocycles. The fourth-order valence-corrected chi connectivity index (χ4v) is 7.58. The molecule has 1 aliphatic heterocycles. The summed E-state index contributed by atoms with van der Waals surface area (Å²) in [6.45, 7) is 1.27. The maximum absolute atomic E-state index is 14.0. The molecule has 0 spiro atoms. The van der Waals surface area contributed by atoms with Crippen molar-refractivity contribution in [1.29, 1.82) is 0 Å². The molecule has 1 fully saturated rings. The Labute approximate surface area is 354 Å². The highest BCUT2D eigenvalue weighted by Gasteiger charge is 2.50. The number of aliphatic hydroxyl groups excluding tert-OH is 2. The number of alkyl carbamates (subject to hydrolysis) is 1. The van der Waals surface area contributed by atoms with Crippen LogP contribution in [0.4, 0.5) is 9.59 Å². The summed E-state index contributed by atoms with van der Waals surface area (Å²) in [5, 5.41) is 59.5. The minimum absolute atomic E-state index is 0.0518. The van der Waals surface area contributed by atoms with Gasteiger partial charge in [-0.05, 0) is 19.1 Å². The van der Waals surface area contributed by atoms with Crippen molar-refractivity contribution in [3.8, 4) is 23.0 Å². The lowest BCUT2D eigenvalue weighted by molar-refractivity contribution is -0.247. The van der Waals surface area contributed by atoms with Gasteiger partial charge in [0, 0.05) is 54.1 Å². The Morgan fingerprint density at radius 2 is 1.61 bits per heavy atom. The number of hydrogen-bond donors (Lipinski definition) is 8. The molecule has 3 aromatic carbocycles. The minimum Gasteiger partial charge on any atom is -0.507 e. The average Bonchev–Trinajstić information content (AvgIpc) is 3.25. The third kappa shape index (κ3) is 9.82. The van der Waals surface area contributed by atoms with Crippen molar-refractivity contribution in [3.05, 3.63) is 81.4 Å². The van der Waals surface area contributed by atoms with Crippen LogP contribution in [0.1, 0.15) is 74.4 Å². The topological polar surface area (TPSA) is 301 Å². The Morgan fingerprint density at radius 1 is 0.903 bits per heavy atom. The lowest BCUT2D eigenvalue weighted by Gasteiger charge is -2.42. The molecule has 0 saturated carbocycles. The molecule has 3 aliphatic rings. The molecule has 334 valence electrons. The summed E-state index contributed by atoms with van der Waals surface area (Å²) in [6.07, 6.45) is -7.73. The molecule has 9 N–H and O–H groups in total. The molecule has 6 atom stereocenters. The summed E-state index contributed by atoms with van der Waals surface area (Å²) in [6, 6.07) is 9.70. The monoisotopic (exact) mass is 867 g/mol. The largest absolute Gasteiger partial charge is 0.507 e. The lowest BCUT2D eigenvalue weighted by Crippen LogP contribution is -2.53. The fraction of sp³-hybridized carbons (Fsp3) is 0.452. The van der Waals surface area contributed by atoms with E-state index >= 15 is 0 Å². The highest BCUT2D eigenvalue weighted by molar-refractivity contribution is 6.31. The average molecular weight is 868 g/mol. The van der Waals surface area contributed by atoms with Crippen molar-refractivity contribution < 1.29 is 82.7 Å². The van der Waals surface area contributed by atoms with Gasteiger partial charge in [-0.1, -0.05) is 30.3 Å². The van der Waals surface area contributed by atoms with Gasteiger partial charge < -0.3 is 75.1 Å². The molecular formula is C42H49N3O17. The number of benzene rings is 3. The number of carbonyl (C=O) groups is 5. The van der Waals surface area contributed by atoms with Gasteiger partial charge in [0.1, 0.15) is 35.2 Å². The SMILES string of the molecule is COc1cccc2c1C(=O)c1c(O)c3c(c(O)c1C2=O)C[C@@](O)(C(=O)CNC(=O)OCc1ccccc1OC(=O)NCCOCCOCCO)C[C@@H]3OC1CC(N)C(O)C(C)O1. The van der Waals surface area contributed by atoms with Gasteiger partial charge in [0.2, 0.25) is 5.78 Å². The molecule has 0 radical (unpaired) electrons.